The number of rotatable bonds is 5. The van der Waals surface area contributed by atoms with Crippen molar-refractivity contribution in [1.29, 1.82) is 0 Å². The molecule has 1 aromatic carbocycles. The average molecular weight is 609 g/mol. The molecule has 43 heavy (non-hydrogen) atoms. The Morgan fingerprint density at radius 3 is 2.37 bits per heavy atom. The molecule has 0 bridgehead atoms. The number of benzene rings is 1. The second kappa shape index (κ2) is 10.2. The number of alkyl halides is 3. The average Bonchev–Trinajstić information content (AvgIpc) is 3.36. The van der Waals surface area contributed by atoms with Crippen molar-refractivity contribution in [2.75, 3.05) is 39.6 Å². The first-order valence-corrected chi connectivity index (χ1v) is 13.9. The van der Waals surface area contributed by atoms with Crippen LogP contribution in [0.3, 0.4) is 0 Å². The molecule has 14 heteroatoms. The Morgan fingerprint density at radius 1 is 1.16 bits per heavy atom. The van der Waals surface area contributed by atoms with Crippen molar-refractivity contribution in [3.63, 3.8) is 0 Å². The van der Waals surface area contributed by atoms with Crippen molar-refractivity contribution in [2.45, 2.75) is 56.1 Å². The number of halogens is 3. The van der Waals surface area contributed by atoms with Crippen LogP contribution < -0.4 is 10.6 Å². The number of aliphatic hydroxyl groups is 3. The molecule has 5 rings (SSSR count). The number of phenolic OH excluding ortho intramolecular Hbond substituents is 1. The topological polar surface area (TPSA) is 168 Å². The molecule has 11 nitrogen and oxygen atoms in total. The normalized spacial score (nSPS) is 29.6. The lowest BCUT2D eigenvalue weighted by atomic mass is 9.58. The van der Waals surface area contributed by atoms with Gasteiger partial charge in [-0.2, -0.15) is 13.2 Å². The lowest BCUT2D eigenvalue weighted by Crippen LogP contribution is -2.63. The van der Waals surface area contributed by atoms with E-state index in [9.17, 15) is 48.0 Å². The number of hydrogen-bond donors (Lipinski definition) is 5. The minimum Gasteiger partial charge on any atom is -0.510 e. The molecule has 1 unspecified atom stereocenters. The number of aromatic hydroxyl groups is 1. The molecule has 0 radical (unpaired) electrons. The summed E-state index contributed by atoms with van der Waals surface area (Å²) in [6, 6.07) is -1.26. The van der Waals surface area contributed by atoms with Crippen LogP contribution in [0.25, 0.3) is 0 Å². The van der Waals surface area contributed by atoms with E-state index in [1.807, 2.05) is 0 Å². The fraction of sp³-hybridized carbons (Fsp3) is 0.552. The fourth-order valence-electron chi connectivity index (χ4n) is 7.48. The highest BCUT2D eigenvalue weighted by Crippen LogP contribution is 2.53. The van der Waals surface area contributed by atoms with E-state index in [-0.39, 0.29) is 49.1 Å². The summed E-state index contributed by atoms with van der Waals surface area (Å²) >= 11 is 0. The number of amides is 1. The lowest BCUT2D eigenvalue weighted by molar-refractivity contribution is -0.177. The molecule has 1 saturated heterocycles. The molecule has 4 aliphatic rings. The SMILES string of the molecule is CN(C)c1cc(CN2CCCC2C(F)(F)F)c(O)c2c1C[C@H]1C[C@H]3[C@H](N(C)C)C(O)=C(C(N)=O)C(=O)[C@@]3(O)C(O)=C1C2=O. The molecule has 1 aromatic rings. The van der Waals surface area contributed by atoms with E-state index < -0.39 is 76.0 Å². The third-order valence-electron chi connectivity index (χ3n) is 9.37. The van der Waals surface area contributed by atoms with Gasteiger partial charge in [-0.25, -0.2) is 0 Å². The molecule has 0 saturated carbocycles. The van der Waals surface area contributed by atoms with Gasteiger partial charge >= 0.3 is 6.18 Å². The van der Waals surface area contributed by atoms with Crippen LogP contribution >= 0.6 is 0 Å². The minimum atomic E-state index is -4.47. The van der Waals surface area contributed by atoms with Gasteiger partial charge in [0.15, 0.2) is 11.4 Å². The number of hydrogen-bond acceptors (Lipinski definition) is 10. The number of nitrogens with two attached hydrogens (primary N) is 1. The van der Waals surface area contributed by atoms with Crippen LogP contribution in [0.5, 0.6) is 5.75 Å². The first-order chi connectivity index (χ1) is 19.9. The standard InChI is InChI=1S/C29H35F3N4O7/c1-34(2)16-10-13(11-36-7-5-6-17(36)29(30,31)32)22(37)19-14(16)8-12-9-15-21(35(3)4)24(39)20(27(33)42)26(41)28(15,43)25(40)18(12)23(19)38/h10,12,15,17,21,37,39-40,43H,5-9,11H2,1-4H3,(H2,33,42)/t12-,15-,17?,21-,28-/m0/s1. The van der Waals surface area contributed by atoms with Crippen molar-refractivity contribution >= 4 is 23.2 Å². The number of ketones is 2. The molecule has 0 spiro atoms. The zero-order chi connectivity index (χ0) is 31.9. The highest BCUT2D eigenvalue weighted by molar-refractivity contribution is 6.25. The van der Waals surface area contributed by atoms with Crippen LogP contribution in [-0.4, -0.2) is 106 Å². The summed E-state index contributed by atoms with van der Waals surface area (Å²) in [6.45, 7) is -0.140. The first kappa shape index (κ1) is 30.8. The van der Waals surface area contributed by atoms with Gasteiger partial charge in [0.25, 0.3) is 5.91 Å². The Bertz CT molecular complexity index is 1480. The molecule has 5 atom stereocenters. The van der Waals surface area contributed by atoms with Crippen molar-refractivity contribution in [3.05, 3.63) is 45.4 Å². The van der Waals surface area contributed by atoms with Crippen molar-refractivity contribution in [1.82, 2.24) is 9.80 Å². The number of phenols is 1. The van der Waals surface area contributed by atoms with Crippen molar-refractivity contribution < 1.29 is 48.0 Å². The zero-order valence-electron chi connectivity index (χ0n) is 24.2. The number of aliphatic hydroxyl groups excluding tert-OH is 2. The van der Waals surface area contributed by atoms with Crippen LogP contribution in [-0.2, 0) is 22.6 Å². The quantitative estimate of drug-likeness (QED) is 0.311. The van der Waals surface area contributed by atoms with Gasteiger partial charge in [0.05, 0.1) is 11.6 Å². The number of anilines is 1. The van der Waals surface area contributed by atoms with Gasteiger partial charge < -0.3 is 31.1 Å². The Balaban J connectivity index is 1.66. The molecule has 6 N–H and O–H groups in total. The van der Waals surface area contributed by atoms with Crippen LogP contribution in [0, 0.1) is 11.8 Å². The largest absolute Gasteiger partial charge is 0.510 e. The third kappa shape index (κ3) is 4.49. The number of Topliss-reactive ketones (excluding diaryl/α,β-unsaturated/α-hetero) is 2. The second-order valence-electron chi connectivity index (χ2n) is 12.3. The van der Waals surface area contributed by atoms with E-state index in [0.717, 1.165) is 0 Å². The predicted octanol–water partition coefficient (Wildman–Crippen LogP) is 1.71. The van der Waals surface area contributed by atoms with Gasteiger partial charge in [0, 0.05) is 43.4 Å². The zero-order valence-corrected chi connectivity index (χ0v) is 24.2. The van der Waals surface area contributed by atoms with E-state index in [2.05, 4.69) is 0 Å². The van der Waals surface area contributed by atoms with Crippen LogP contribution in [0.15, 0.2) is 28.7 Å². The van der Waals surface area contributed by atoms with E-state index in [0.29, 0.717) is 17.7 Å². The van der Waals surface area contributed by atoms with Gasteiger partial charge in [0.2, 0.25) is 5.78 Å². The number of likely N-dealkylation sites (N-methyl/N-ethyl adjacent to an activating group) is 1. The fourth-order valence-corrected chi connectivity index (χ4v) is 7.48. The molecule has 3 aliphatic carbocycles. The maximum Gasteiger partial charge on any atom is 0.404 e. The Morgan fingerprint density at radius 2 is 1.81 bits per heavy atom. The smallest absolute Gasteiger partial charge is 0.404 e. The van der Waals surface area contributed by atoms with Gasteiger partial charge in [0.1, 0.15) is 28.9 Å². The summed E-state index contributed by atoms with van der Waals surface area (Å²) in [6.07, 6.45) is -4.23. The summed E-state index contributed by atoms with van der Waals surface area (Å²) in [5, 5.41) is 45.5. The number of nitrogens with zero attached hydrogens (tertiary/aromatic N) is 3. The number of carbonyl (C=O) groups is 3. The lowest BCUT2D eigenvalue weighted by Gasteiger charge is -2.50. The maximum absolute atomic E-state index is 14.1. The molecular weight excluding hydrogens is 573 g/mol. The van der Waals surface area contributed by atoms with E-state index >= 15 is 0 Å². The highest BCUT2D eigenvalue weighted by atomic mass is 19.4. The number of fused-ring (bicyclic) bond motifs is 3. The van der Waals surface area contributed by atoms with Crippen LogP contribution in [0.1, 0.15) is 40.7 Å². The summed E-state index contributed by atoms with van der Waals surface area (Å²) in [5.41, 5.74) is 2.09. The number of carbonyl (C=O) groups excluding carboxylic acids is 3. The van der Waals surface area contributed by atoms with E-state index in [4.69, 9.17) is 5.73 Å². The van der Waals surface area contributed by atoms with E-state index in [1.165, 1.54) is 9.80 Å². The summed E-state index contributed by atoms with van der Waals surface area (Å²) in [7, 11) is 6.46. The van der Waals surface area contributed by atoms with E-state index in [1.54, 1.807) is 39.2 Å². The monoisotopic (exact) mass is 608 g/mol. The van der Waals surface area contributed by atoms with Gasteiger partial charge in [-0.3, -0.25) is 24.2 Å². The highest BCUT2D eigenvalue weighted by Gasteiger charge is 2.63. The number of allylic oxidation sites excluding steroid dienone is 1. The predicted molar refractivity (Wildman–Crippen MR) is 147 cm³/mol. The number of likely N-dealkylation sites (tertiary alicyclic amines) is 1. The summed E-state index contributed by atoms with van der Waals surface area (Å²) < 4.78 is 41.0. The Kier molecular flexibility index (Phi) is 7.34. The number of primary amides is 1. The summed E-state index contributed by atoms with van der Waals surface area (Å²) in [5.74, 6) is -7.68. The first-order valence-electron chi connectivity index (χ1n) is 13.9. The molecule has 1 amide bonds. The van der Waals surface area contributed by atoms with Gasteiger partial charge in [-0.1, -0.05) is 0 Å². The van der Waals surface area contributed by atoms with Gasteiger partial charge in [-0.05, 0) is 63.9 Å². The molecule has 0 aromatic heterocycles. The molecular formula is C29H35F3N4O7. The maximum atomic E-state index is 14.1. The molecule has 1 fully saturated rings. The van der Waals surface area contributed by atoms with Crippen molar-refractivity contribution in [2.24, 2.45) is 17.6 Å². The second-order valence-corrected chi connectivity index (χ2v) is 12.3. The summed E-state index contributed by atoms with van der Waals surface area (Å²) in [4.78, 5) is 44.1. The molecule has 234 valence electrons. The van der Waals surface area contributed by atoms with Crippen LogP contribution in [0.2, 0.25) is 0 Å². The molecule has 1 heterocycles. The van der Waals surface area contributed by atoms with Crippen LogP contribution in [0.4, 0.5) is 18.9 Å². The Labute approximate surface area is 245 Å². The van der Waals surface area contributed by atoms with Gasteiger partial charge in [-0.15, -0.1) is 0 Å². The Hall–Kier alpha value is -3.62. The third-order valence-corrected chi connectivity index (χ3v) is 9.37. The minimum absolute atomic E-state index is 0.0673. The molecule has 1 aliphatic heterocycles. The van der Waals surface area contributed by atoms with Crippen molar-refractivity contribution in [3.8, 4) is 5.75 Å².